The molecule has 0 spiro atoms. The molecule has 0 bridgehead atoms. The molecule has 0 aromatic heterocycles. The molecule has 0 rings (SSSR count). The monoisotopic (exact) mass is 133 g/mol. The van der Waals surface area contributed by atoms with Crippen molar-refractivity contribution in [3.63, 3.8) is 0 Å². The van der Waals surface area contributed by atoms with Gasteiger partial charge in [-0.3, -0.25) is 0 Å². The van der Waals surface area contributed by atoms with Crippen molar-refractivity contribution in [1.29, 1.82) is 0 Å². The smallest absolute Gasteiger partial charge is 0.00474 e. The van der Waals surface area contributed by atoms with E-state index in [9.17, 15) is 0 Å². The summed E-state index contributed by atoms with van der Waals surface area (Å²) in [7, 11) is 0. The molecule has 0 saturated carbocycles. The Labute approximate surface area is 57.1 Å². The van der Waals surface area contributed by atoms with Crippen molar-refractivity contribution in [2.45, 2.75) is 20.8 Å². The van der Waals surface area contributed by atoms with E-state index >= 15 is 0 Å². The first-order valence-corrected chi connectivity index (χ1v) is 3.07. The molecular weight excluding hydrogens is 114 g/mol. The molecule has 8 heavy (non-hydrogen) atoms. The summed E-state index contributed by atoms with van der Waals surface area (Å²) in [5.74, 6) is 0. The van der Waals surface area contributed by atoms with Gasteiger partial charge in [-0.15, -0.1) is 0 Å². The van der Waals surface area contributed by atoms with Crippen LogP contribution in [0.4, 0.5) is 0 Å². The van der Waals surface area contributed by atoms with Crippen molar-refractivity contribution in [2.75, 3.05) is 19.6 Å². The largest absolute Gasteiger partial charge is 0.304 e. The van der Waals surface area contributed by atoms with Gasteiger partial charge in [-0.2, -0.15) is 0 Å². The van der Waals surface area contributed by atoms with E-state index in [0.717, 1.165) is 0 Å². The lowest BCUT2D eigenvalue weighted by Crippen LogP contribution is -2.21. The van der Waals surface area contributed by atoms with E-state index in [-0.39, 0.29) is 11.0 Å². The third kappa shape index (κ3) is 4.34. The Morgan fingerprint density at radius 2 is 1.12 bits per heavy atom. The van der Waals surface area contributed by atoms with Crippen molar-refractivity contribution in [2.24, 2.45) is 0 Å². The SMILES string of the molecule is CCN(CC)CC.[SiH4]. The van der Waals surface area contributed by atoms with Gasteiger partial charge < -0.3 is 4.90 Å². The molecule has 0 fully saturated rings. The summed E-state index contributed by atoms with van der Waals surface area (Å²) in [6.07, 6.45) is 0. The van der Waals surface area contributed by atoms with Crippen LogP contribution < -0.4 is 0 Å². The summed E-state index contributed by atoms with van der Waals surface area (Å²) < 4.78 is 0. The first kappa shape index (κ1) is 11.0. The van der Waals surface area contributed by atoms with Gasteiger partial charge in [0.25, 0.3) is 0 Å². The Balaban J connectivity index is 0. The minimum atomic E-state index is 0. The summed E-state index contributed by atoms with van der Waals surface area (Å²) >= 11 is 0. The Morgan fingerprint density at radius 3 is 1.12 bits per heavy atom. The van der Waals surface area contributed by atoms with Gasteiger partial charge in [0.05, 0.1) is 0 Å². The maximum Gasteiger partial charge on any atom is -0.00474 e. The molecule has 0 amide bonds. The average Bonchev–Trinajstić information content (AvgIpc) is 1.72. The molecule has 0 atom stereocenters. The van der Waals surface area contributed by atoms with Gasteiger partial charge in [0.1, 0.15) is 0 Å². The fourth-order valence-electron chi connectivity index (χ4n) is 0.671. The predicted molar refractivity (Wildman–Crippen MR) is 44.8 cm³/mol. The minimum Gasteiger partial charge on any atom is -0.304 e. The molecule has 0 aliphatic rings. The fourth-order valence-corrected chi connectivity index (χ4v) is 0.671. The van der Waals surface area contributed by atoms with E-state index in [2.05, 4.69) is 25.7 Å². The van der Waals surface area contributed by atoms with E-state index in [1.807, 2.05) is 0 Å². The lowest BCUT2D eigenvalue weighted by atomic mass is 10.5. The highest BCUT2D eigenvalue weighted by atomic mass is 28.1. The van der Waals surface area contributed by atoms with E-state index in [4.69, 9.17) is 0 Å². The average molecular weight is 133 g/mol. The van der Waals surface area contributed by atoms with Gasteiger partial charge in [-0.1, -0.05) is 20.8 Å². The summed E-state index contributed by atoms with van der Waals surface area (Å²) in [4.78, 5) is 2.38. The lowest BCUT2D eigenvalue weighted by molar-refractivity contribution is 0.321. The van der Waals surface area contributed by atoms with Gasteiger partial charge in [-0.25, -0.2) is 0 Å². The highest BCUT2D eigenvalue weighted by molar-refractivity contribution is 5.75. The van der Waals surface area contributed by atoms with Gasteiger partial charge in [-0.05, 0) is 30.6 Å². The maximum atomic E-state index is 2.38. The van der Waals surface area contributed by atoms with Crippen molar-refractivity contribution in [3.05, 3.63) is 0 Å². The molecule has 0 aromatic rings. The van der Waals surface area contributed by atoms with Crippen molar-refractivity contribution in [1.82, 2.24) is 4.90 Å². The number of hydrogen-bond donors (Lipinski definition) is 0. The first-order valence-electron chi connectivity index (χ1n) is 3.07. The zero-order valence-electron chi connectivity index (χ0n) is 5.57. The highest BCUT2D eigenvalue weighted by Crippen LogP contribution is 1.81. The van der Waals surface area contributed by atoms with Crippen molar-refractivity contribution >= 4 is 11.0 Å². The van der Waals surface area contributed by atoms with Crippen molar-refractivity contribution < 1.29 is 0 Å². The maximum absolute atomic E-state index is 2.38. The van der Waals surface area contributed by atoms with Gasteiger partial charge in [0, 0.05) is 0 Å². The highest BCUT2D eigenvalue weighted by Gasteiger charge is 1.89. The van der Waals surface area contributed by atoms with E-state index in [1.165, 1.54) is 19.6 Å². The third-order valence-corrected chi connectivity index (χ3v) is 1.34. The molecule has 1 nitrogen and oxygen atoms in total. The van der Waals surface area contributed by atoms with Crippen LogP contribution in [-0.4, -0.2) is 35.5 Å². The summed E-state index contributed by atoms with van der Waals surface area (Å²) in [5.41, 5.74) is 0. The second-order valence-corrected chi connectivity index (χ2v) is 1.62. The zero-order chi connectivity index (χ0) is 5.70. The summed E-state index contributed by atoms with van der Waals surface area (Å²) in [6.45, 7) is 10.1. The number of rotatable bonds is 3. The molecule has 0 radical (unpaired) electrons. The molecule has 2 heteroatoms. The zero-order valence-corrected chi connectivity index (χ0v) is 5.57. The topological polar surface area (TPSA) is 3.24 Å². The van der Waals surface area contributed by atoms with Crippen LogP contribution in [0.1, 0.15) is 20.8 Å². The Morgan fingerprint density at radius 1 is 0.875 bits per heavy atom. The van der Waals surface area contributed by atoms with Gasteiger partial charge >= 0.3 is 0 Å². The minimum absolute atomic E-state index is 0. The normalized spacial score (nSPS) is 9.00. The lowest BCUT2D eigenvalue weighted by Gasteiger charge is -2.13. The molecular formula is C6H19NSi. The number of nitrogens with zero attached hydrogens (tertiary/aromatic N) is 1. The molecule has 0 aliphatic carbocycles. The standard InChI is InChI=1S/C6H15N.H4Si/c1-4-7(5-2)6-3;/h4-6H2,1-3H3;1H4. The van der Waals surface area contributed by atoms with Crippen LogP contribution >= 0.6 is 0 Å². The molecule has 0 heterocycles. The van der Waals surface area contributed by atoms with Gasteiger partial charge in [0.15, 0.2) is 0 Å². The van der Waals surface area contributed by atoms with Crippen LogP contribution in [-0.2, 0) is 0 Å². The van der Waals surface area contributed by atoms with Crippen LogP contribution in [0.15, 0.2) is 0 Å². The van der Waals surface area contributed by atoms with E-state index in [1.54, 1.807) is 0 Å². The molecule has 0 aromatic carbocycles. The Hall–Kier alpha value is 0.177. The summed E-state index contributed by atoms with van der Waals surface area (Å²) in [5, 5.41) is 0. The van der Waals surface area contributed by atoms with Crippen LogP contribution in [0.5, 0.6) is 0 Å². The van der Waals surface area contributed by atoms with Crippen molar-refractivity contribution in [3.8, 4) is 0 Å². The van der Waals surface area contributed by atoms with Gasteiger partial charge in [0.2, 0.25) is 0 Å². The second-order valence-electron chi connectivity index (χ2n) is 1.62. The van der Waals surface area contributed by atoms with E-state index in [0.29, 0.717) is 0 Å². The fraction of sp³-hybridized carbons (Fsp3) is 1.00. The molecule has 0 N–H and O–H groups in total. The number of hydrogen-bond acceptors (Lipinski definition) is 1. The molecule has 0 saturated heterocycles. The molecule has 52 valence electrons. The molecule has 0 aliphatic heterocycles. The van der Waals surface area contributed by atoms with Crippen LogP contribution in [0.3, 0.4) is 0 Å². The first-order chi connectivity index (χ1) is 3.35. The molecule has 0 unspecified atom stereocenters. The summed E-state index contributed by atoms with van der Waals surface area (Å²) in [6, 6.07) is 0. The second kappa shape index (κ2) is 7.18. The third-order valence-electron chi connectivity index (χ3n) is 1.34. The van der Waals surface area contributed by atoms with Crippen LogP contribution in [0.2, 0.25) is 0 Å². The Kier molecular flexibility index (Phi) is 9.90. The quantitative estimate of drug-likeness (QED) is 0.486. The Bertz CT molecular complexity index is 30.0. The van der Waals surface area contributed by atoms with Crippen LogP contribution in [0.25, 0.3) is 0 Å². The predicted octanol–water partition coefficient (Wildman–Crippen LogP) is -0.103. The van der Waals surface area contributed by atoms with Crippen LogP contribution in [0, 0.1) is 0 Å². The van der Waals surface area contributed by atoms with E-state index < -0.39 is 0 Å².